The molecule has 0 aromatic heterocycles. The lowest BCUT2D eigenvalue weighted by molar-refractivity contribution is -0.124. The minimum atomic E-state index is -0.325. The second-order valence-electron chi connectivity index (χ2n) is 5.01. The lowest BCUT2D eigenvalue weighted by Crippen LogP contribution is -2.52. The summed E-state index contributed by atoms with van der Waals surface area (Å²) in [5.41, 5.74) is 5.79. The van der Waals surface area contributed by atoms with E-state index < -0.39 is 0 Å². The summed E-state index contributed by atoms with van der Waals surface area (Å²) in [5, 5.41) is 3.12. The second kappa shape index (κ2) is 5.50. The molecule has 1 amide bonds. The normalized spacial score (nSPS) is 22.1. The standard InChI is InChI=1S/C12H24N2O/c1-3-7-10(13)11(15)14-12(2)8-5-4-6-9-12/h10H,3-9,13H2,1-2H3,(H,14,15)/t10-/m1/s1. The molecule has 1 fully saturated rings. The maximum Gasteiger partial charge on any atom is 0.237 e. The van der Waals surface area contributed by atoms with Crippen molar-refractivity contribution in [1.29, 1.82) is 0 Å². The highest BCUT2D eigenvalue weighted by Crippen LogP contribution is 2.27. The van der Waals surface area contributed by atoms with Gasteiger partial charge in [-0.2, -0.15) is 0 Å². The van der Waals surface area contributed by atoms with Gasteiger partial charge >= 0.3 is 0 Å². The molecule has 1 aliphatic rings. The number of hydrogen-bond acceptors (Lipinski definition) is 2. The predicted molar refractivity (Wildman–Crippen MR) is 62.5 cm³/mol. The minimum absolute atomic E-state index is 0.000689. The largest absolute Gasteiger partial charge is 0.350 e. The zero-order valence-electron chi connectivity index (χ0n) is 10.0. The van der Waals surface area contributed by atoms with Crippen molar-refractivity contribution in [3.63, 3.8) is 0 Å². The number of amides is 1. The molecule has 0 heterocycles. The number of hydrogen-bond donors (Lipinski definition) is 2. The van der Waals surface area contributed by atoms with Gasteiger partial charge in [-0.3, -0.25) is 4.79 Å². The first-order valence-electron chi connectivity index (χ1n) is 6.15. The summed E-state index contributed by atoms with van der Waals surface area (Å²) < 4.78 is 0. The average Bonchev–Trinajstić information content (AvgIpc) is 2.18. The summed E-state index contributed by atoms with van der Waals surface area (Å²) in [6.45, 7) is 4.19. The molecular weight excluding hydrogens is 188 g/mol. The summed E-state index contributed by atoms with van der Waals surface area (Å²) in [5.74, 6) is 0.0289. The Balaban J connectivity index is 2.41. The van der Waals surface area contributed by atoms with Crippen LogP contribution in [-0.2, 0) is 4.79 Å². The van der Waals surface area contributed by atoms with Gasteiger partial charge in [0.2, 0.25) is 5.91 Å². The molecule has 3 nitrogen and oxygen atoms in total. The molecule has 1 saturated carbocycles. The zero-order valence-corrected chi connectivity index (χ0v) is 10.0. The molecule has 3 heteroatoms. The molecule has 1 aliphatic carbocycles. The van der Waals surface area contributed by atoms with E-state index in [9.17, 15) is 4.79 Å². The van der Waals surface area contributed by atoms with Crippen molar-refractivity contribution in [2.24, 2.45) is 5.73 Å². The van der Waals surface area contributed by atoms with Crippen LogP contribution in [0, 0.1) is 0 Å². The monoisotopic (exact) mass is 212 g/mol. The number of carbonyl (C=O) groups is 1. The molecule has 0 aliphatic heterocycles. The molecule has 88 valence electrons. The van der Waals surface area contributed by atoms with Crippen LogP contribution in [0.2, 0.25) is 0 Å². The topological polar surface area (TPSA) is 55.1 Å². The highest BCUT2D eigenvalue weighted by molar-refractivity contribution is 5.82. The molecular formula is C12H24N2O. The van der Waals surface area contributed by atoms with Gasteiger partial charge in [0, 0.05) is 5.54 Å². The van der Waals surface area contributed by atoms with Crippen molar-refractivity contribution in [2.75, 3.05) is 0 Å². The van der Waals surface area contributed by atoms with Gasteiger partial charge in [-0.05, 0) is 26.2 Å². The van der Waals surface area contributed by atoms with Gasteiger partial charge in [0.05, 0.1) is 6.04 Å². The van der Waals surface area contributed by atoms with Crippen molar-refractivity contribution in [2.45, 2.75) is 70.4 Å². The van der Waals surface area contributed by atoms with Crippen molar-refractivity contribution in [1.82, 2.24) is 5.32 Å². The Bertz CT molecular complexity index is 210. The third-order valence-electron chi connectivity index (χ3n) is 3.32. The number of rotatable bonds is 4. The van der Waals surface area contributed by atoms with Crippen LogP contribution in [0.5, 0.6) is 0 Å². The molecule has 15 heavy (non-hydrogen) atoms. The quantitative estimate of drug-likeness (QED) is 0.748. The predicted octanol–water partition coefficient (Wildman–Crippen LogP) is 1.95. The highest BCUT2D eigenvalue weighted by Gasteiger charge is 2.29. The molecule has 0 aromatic rings. The van der Waals surface area contributed by atoms with Gasteiger partial charge in [0.1, 0.15) is 0 Å². The first-order chi connectivity index (χ1) is 7.07. The fourth-order valence-electron chi connectivity index (χ4n) is 2.29. The van der Waals surface area contributed by atoms with Gasteiger partial charge in [0.15, 0.2) is 0 Å². The summed E-state index contributed by atoms with van der Waals surface area (Å²) in [6, 6.07) is -0.325. The first kappa shape index (κ1) is 12.5. The Morgan fingerprint density at radius 3 is 2.53 bits per heavy atom. The van der Waals surface area contributed by atoms with E-state index in [-0.39, 0.29) is 17.5 Å². The van der Waals surface area contributed by atoms with Gasteiger partial charge < -0.3 is 11.1 Å². The van der Waals surface area contributed by atoms with Crippen molar-refractivity contribution in [3.05, 3.63) is 0 Å². The van der Waals surface area contributed by atoms with E-state index in [1.807, 2.05) is 0 Å². The molecule has 0 unspecified atom stereocenters. The smallest absolute Gasteiger partial charge is 0.237 e. The molecule has 3 N–H and O–H groups in total. The van der Waals surface area contributed by atoms with E-state index in [4.69, 9.17) is 5.73 Å². The number of nitrogens with two attached hydrogens (primary N) is 1. The first-order valence-corrected chi connectivity index (χ1v) is 6.15. The van der Waals surface area contributed by atoms with Gasteiger partial charge in [0.25, 0.3) is 0 Å². The Morgan fingerprint density at radius 2 is 2.00 bits per heavy atom. The average molecular weight is 212 g/mol. The van der Waals surface area contributed by atoms with Crippen LogP contribution in [0.15, 0.2) is 0 Å². The Kier molecular flexibility index (Phi) is 4.58. The Labute approximate surface area is 92.8 Å². The Morgan fingerprint density at radius 1 is 1.40 bits per heavy atom. The third-order valence-corrected chi connectivity index (χ3v) is 3.32. The van der Waals surface area contributed by atoms with Crippen LogP contribution in [0.4, 0.5) is 0 Å². The van der Waals surface area contributed by atoms with Crippen LogP contribution < -0.4 is 11.1 Å². The van der Waals surface area contributed by atoms with Crippen LogP contribution >= 0.6 is 0 Å². The fourth-order valence-corrected chi connectivity index (χ4v) is 2.29. The summed E-state index contributed by atoms with van der Waals surface area (Å²) in [4.78, 5) is 11.8. The lowest BCUT2D eigenvalue weighted by Gasteiger charge is -2.35. The molecule has 0 aromatic carbocycles. The summed E-state index contributed by atoms with van der Waals surface area (Å²) in [7, 11) is 0. The number of nitrogens with one attached hydrogen (secondary N) is 1. The maximum atomic E-state index is 11.8. The molecule has 0 bridgehead atoms. The van der Waals surface area contributed by atoms with Crippen molar-refractivity contribution in [3.8, 4) is 0 Å². The van der Waals surface area contributed by atoms with E-state index in [2.05, 4.69) is 19.2 Å². The highest BCUT2D eigenvalue weighted by atomic mass is 16.2. The summed E-state index contributed by atoms with van der Waals surface area (Å²) in [6.07, 6.45) is 7.68. The van der Waals surface area contributed by atoms with Crippen LogP contribution in [0.25, 0.3) is 0 Å². The second-order valence-corrected chi connectivity index (χ2v) is 5.01. The summed E-state index contributed by atoms with van der Waals surface area (Å²) >= 11 is 0. The van der Waals surface area contributed by atoms with Gasteiger partial charge in [-0.1, -0.05) is 32.6 Å². The van der Waals surface area contributed by atoms with E-state index >= 15 is 0 Å². The van der Waals surface area contributed by atoms with Gasteiger partial charge in [-0.15, -0.1) is 0 Å². The SMILES string of the molecule is CCC[C@@H](N)C(=O)NC1(C)CCCCC1. The van der Waals surface area contributed by atoms with Crippen LogP contribution in [-0.4, -0.2) is 17.5 Å². The molecule has 0 radical (unpaired) electrons. The van der Waals surface area contributed by atoms with Crippen LogP contribution in [0.1, 0.15) is 58.8 Å². The molecule has 0 saturated heterocycles. The molecule has 1 atom stereocenters. The number of carbonyl (C=O) groups excluding carboxylic acids is 1. The maximum absolute atomic E-state index is 11.8. The van der Waals surface area contributed by atoms with Crippen molar-refractivity contribution < 1.29 is 4.79 Å². The van der Waals surface area contributed by atoms with E-state index in [0.29, 0.717) is 0 Å². The van der Waals surface area contributed by atoms with Crippen molar-refractivity contribution >= 4 is 5.91 Å². The minimum Gasteiger partial charge on any atom is -0.350 e. The lowest BCUT2D eigenvalue weighted by atomic mass is 9.83. The van der Waals surface area contributed by atoms with Gasteiger partial charge in [-0.25, -0.2) is 0 Å². The van der Waals surface area contributed by atoms with Crippen LogP contribution in [0.3, 0.4) is 0 Å². The van der Waals surface area contributed by atoms with E-state index in [0.717, 1.165) is 25.7 Å². The Hall–Kier alpha value is -0.570. The molecule has 1 rings (SSSR count). The zero-order chi connectivity index (χ0) is 11.3. The molecule has 0 spiro atoms. The fraction of sp³-hybridized carbons (Fsp3) is 0.917. The van der Waals surface area contributed by atoms with E-state index in [1.165, 1.54) is 19.3 Å². The van der Waals surface area contributed by atoms with E-state index in [1.54, 1.807) is 0 Å². The third kappa shape index (κ3) is 3.82.